The molecule has 0 aliphatic carbocycles. The number of piperazine rings is 1. The van der Waals surface area contributed by atoms with E-state index in [1.165, 1.54) is 10.5 Å². The van der Waals surface area contributed by atoms with E-state index in [-0.39, 0.29) is 0 Å². The van der Waals surface area contributed by atoms with Crippen LogP contribution in [0.2, 0.25) is 5.02 Å². The first-order valence-electron chi connectivity index (χ1n) is 9.35. The predicted molar refractivity (Wildman–Crippen MR) is 108 cm³/mol. The molecule has 1 aliphatic heterocycles. The largest absolute Gasteiger partial charge is 0.322 e. The Morgan fingerprint density at radius 3 is 2.41 bits per heavy atom. The second-order valence-corrected chi connectivity index (χ2v) is 8.21. The molecule has 8 heteroatoms. The predicted octanol–water partition coefficient (Wildman–Crippen LogP) is 0.472. The number of aryl methyl sites for hydroxylation is 2. The van der Waals surface area contributed by atoms with E-state index in [0.29, 0.717) is 10.5 Å². The Kier molecular flexibility index (Phi) is 5.27. The first-order chi connectivity index (χ1) is 13.0. The van der Waals surface area contributed by atoms with E-state index in [4.69, 9.17) is 23.8 Å². The van der Waals surface area contributed by atoms with Crippen LogP contribution in [0, 0.1) is 18.6 Å². The van der Waals surface area contributed by atoms with Crippen LogP contribution in [0.15, 0.2) is 30.3 Å². The monoisotopic (exact) mass is 404 g/mol. The molecule has 0 amide bonds. The van der Waals surface area contributed by atoms with E-state index in [0.717, 1.165) is 55.8 Å². The number of halogens is 1. The Balaban J connectivity index is 1.42. The van der Waals surface area contributed by atoms with Crippen molar-refractivity contribution in [2.45, 2.75) is 27.1 Å². The third-order valence-electron chi connectivity index (χ3n) is 5.28. The molecule has 0 radical (unpaired) electrons. The lowest BCUT2D eigenvalue weighted by Gasteiger charge is -2.30. The number of fused-ring (bicyclic) bond motifs is 1. The van der Waals surface area contributed by atoms with Crippen LogP contribution in [0.4, 0.5) is 0 Å². The SMILES string of the molecule is Cc1cc(C)n2c(n1)nc(=S)n2C[NH+]1CC[NH+](Cc2ccc(Cl)cc2)CC1. The fourth-order valence-electron chi connectivity index (χ4n) is 3.89. The van der Waals surface area contributed by atoms with Gasteiger partial charge >= 0.3 is 0 Å². The zero-order chi connectivity index (χ0) is 19.0. The molecule has 1 aromatic carbocycles. The van der Waals surface area contributed by atoms with Crippen LogP contribution in [-0.2, 0) is 13.2 Å². The van der Waals surface area contributed by atoms with Gasteiger partial charge in [-0.1, -0.05) is 23.7 Å². The summed E-state index contributed by atoms with van der Waals surface area (Å²) in [4.78, 5) is 12.2. The molecular weight excluding hydrogens is 380 g/mol. The van der Waals surface area contributed by atoms with Crippen LogP contribution in [0.1, 0.15) is 17.0 Å². The van der Waals surface area contributed by atoms with Crippen LogP contribution in [0.5, 0.6) is 0 Å². The lowest BCUT2D eigenvalue weighted by molar-refractivity contribution is -1.03. The van der Waals surface area contributed by atoms with Crippen molar-refractivity contribution in [1.82, 2.24) is 19.2 Å². The number of nitrogens with one attached hydrogen (secondary N) is 2. The minimum atomic E-state index is 0.611. The molecule has 1 saturated heterocycles. The number of hydrogen-bond acceptors (Lipinski definition) is 3. The van der Waals surface area contributed by atoms with Crippen molar-refractivity contribution in [3.63, 3.8) is 0 Å². The van der Waals surface area contributed by atoms with Crippen molar-refractivity contribution >= 4 is 29.6 Å². The van der Waals surface area contributed by atoms with E-state index in [9.17, 15) is 0 Å². The third-order valence-corrected chi connectivity index (χ3v) is 5.83. The molecule has 3 aromatic rings. The average molecular weight is 405 g/mol. The van der Waals surface area contributed by atoms with Gasteiger partial charge in [-0.25, -0.2) is 14.2 Å². The van der Waals surface area contributed by atoms with Crippen LogP contribution in [-0.4, -0.2) is 45.3 Å². The second kappa shape index (κ2) is 7.67. The summed E-state index contributed by atoms with van der Waals surface area (Å²) in [6.45, 7) is 10.5. The van der Waals surface area contributed by atoms with Crippen LogP contribution >= 0.6 is 23.8 Å². The maximum absolute atomic E-state index is 5.98. The van der Waals surface area contributed by atoms with Gasteiger partial charge in [-0.05, 0) is 44.3 Å². The molecular formula is C19H25ClN6S+2. The van der Waals surface area contributed by atoms with Crippen molar-refractivity contribution in [3.05, 3.63) is 57.1 Å². The first kappa shape index (κ1) is 18.6. The number of benzene rings is 1. The smallest absolute Gasteiger partial charge is 0.252 e. The summed E-state index contributed by atoms with van der Waals surface area (Å²) in [5.41, 5.74) is 3.44. The van der Waals surface area contributed by atoms with Gasteiger partial charge in [-0.15, -0.1) is 0 Å². The number of rotatable bonds is 4. The molecule has 142 valence electrons. The van der Waals surface area contributed by atoms with Gasteiger partial charge in [0.25, 0.3) is 5.78 Å². The van der Waals surface area contributed by atoms with Gasteiger partial charge in [0.05, 0.1) is 0 Å². The highest BCUT2D eigenvalue weighted by atomic mass is 35.5. The van der Waals surface area contributed by atoms with Gasteiger partial charge in [0, 0.05) is 22.0 Å². The quantitative estimate of drug-likeness (QED) is 0.621. The van der Waals surface area contributed by atoms with Gasteiger partial charge < -0.3 is 9.80 Å². The summed E-state index contributed by atoms with van der Waals surface area (Å²) >= 11 is 11.5. The maximum Gasteiger partial charge on any atom is 0.252 e. The van der Waals surface area contributed by atoms with Gasteiger partial charge in [-0.2, -0.15) is 4.98 Å². The Bertz CT molecular complexity index is 1000. The molecule has 3 heterocycles. The molecule has 0 spiro atoms. The first-order valence-corrected chi connectivity index (χ1v) is 10.1. The standard InChI is InChI=1S/C19H23ClN6S/c1-14-11-15(2)26-18(21-14)22-19(27)25(26)13-24-9-7-23(8-10-24)12-16-3-5-17(20)6-4-16/h3-6,11H,7-10,12-13H2,1-2H3/p+2. The van der Waals surface area contributed by atoms with Crippen LogP contribution in [0.3, 0.4) is 0 Å². The highest BCUT2D eigenvalue weighted by Gasteiger charge is 2.24. The molecule has 1 fully saturated rings. The minimum absolute atomic E-state index is 0.611. The Morgan fingerprint density at radius 2 is 1.70 bits per heavy atom. The van der Waals surface area contributed by atoms with Gasteiger partial charge in [0.15, 0.2) is 6.67 Å². The Hall–Kier alpha value is -1.80. The number of nitrogens with zero attached hydrogens (tertiary/aromatic N) is 4. The molecule has 27 heavy (non-hydrogen) atoms. The Morgan fingerprint density at radius 1 is 1.04 bits per heavy atom. The van der Waals surface area contributed by atoms with E-state index < -0.39 is 0 Å². The molecule has 2 aromatic heterocycles. The summed E-state index contributed by atoms with van der Waals surface area (Å²) in [7, 11) is 0. The maximum atomic E-state index is 5.98. The third kappa shape index (κ3) is 4.06. The zero-order valence-electron chi connectivity index (χ0n) is 15.7. The summed E-state index contributed by atoms with van der Waals surface area (Å²) in [5.74, 6) is 0.698. The highest BCUT2D eigenvalue weighted by Crippen LogP contribution is 2.08. The normalized spacial score (nSPS) is 20.3. The summed E-state index contributed by atoms with van der Waals surface area (Å²) in [6.07, 6.45) is 0. The topological polar surface area (TPSA) is 44.0 Å². The molecule has 0 saturated carbocycles. The molecule has 6 nitrogen and oxygen atoms in total. The summed E-state index contributed by atoms with van der Waals surface area (Å²) < 4.78 is 4.75. The lowest BCUT2D eigenvalue weighted by Crippen LogP contribution is -3.27. The summed E-state index contributed by atoms with van der Waals surface area (Å²) in [6, 6.07) is 10.3. The van der Waals surface area contributed by atoms with Crippen molar-refractivity contribution in [3.8, 4) is 0 Å². The fourth-order valence-corrected chi connectivity index (χ4v) is 4.25. The van der Waals surface area contributed by atoms with Crippen LogP contribution in [0.25, 0.3) is 5.78 Å². The van der Waals surface area contributed by atoms with Crippen molar-refractivity contribution in [2.75, 3.05) is 26.2 Å². The van der Waals surface area contributed by atoms with Crippen molar-refractivity contribution < 1.29 is 9.80 Å². The molecule has 0 atom stereocenters. The average Bonchev–Trinajstić information content (AvgIpc) is 2.94. The molecule has 2 N–H and O–H groups in total. The fraction of sp³-hybridized carbons (Fsp3) is 0.421. The van der Waals surface area contributed by atoms with Gasteiger partial charge in [-0.3, -0.25) is 0 Å². The lowest BCUT2D eigenvalue weighted by atomic mass is 10.2. The minimum Gasteiger partial charge on any atom is -0.322 e. The second-order valence-electron chi connectivity index (χ2n) is 7.41. The van der Waals surface area contributed by atoms with E-state index >= 15 is 0 Å². The number of aromatic nitrogens is 4. The summed E-state index contributed by atoms with van der Waals surface area (Å²) in [5, 5.41) is 0.799. The van der Waals surface area contributed by atoms with Crippen LogP contribution < -0.4 is 9.80 Å². The van der Waals surface area contributed by atoms with Crippen molar-refractivity contribution in [1.29, 1.82) is 0 Å². The van der Waals surface area contributed by atoms with Gasteiger partial charge in [0.1, 0.15) is 32.7 Å². The van der Waals surface area contributed by atoms with E-state index in [2.05, 4.69) is 44.3 Å². The van der Waals surface area contributed by atoms with Crippen molar-refractivity contribution in [2.24, 2.45) is 0 Å². The highest BCUT2D eigenvalue weighted by molar-refractivity contribution is 7.71. The molecule has 4 rings (SSSR count). The van der Waals surface area contributed by atoms with Gasteiger partial charge in [0.2, 0.25) is 4.77 Å². The molecule has 0 unspecified atom stereocenters. The number of hydrogen-bond donors (Lipinski definition) is 2. The van der Waals surface area contributed by atoms with E-state index in [1.54, 1.807) is 4.90 Å². The molecule has 0 bridgehead atoms. The Labute approximate surface area is 169 Å². The van der Waals surface area contributed by atoms with E-state index in [1.807, 2.05) is 19.1 Å². The molecule has 1 aliphatic rings. The zero-order valence-corrected chi connectivity index (χ0v) is 17.3. The number of quaternary nitrogens is 2.